The Kier molecular flexibility index (Phi) is 4.63. The second-order valence-electron chi connectivity index (χ2n) is 10.4. The number of aromatic hydroxyl groups is 1. The number of nitrogens with one attached hydrogen (secondary N) is 1. The summed E-state index contributed by atoms with van der Waals surface area (Å²) in [6.07, 6.45) is 7.54. The van der Waals surface area contributed by atoms with Crippen molar-refractivity contribution in [1.82, 2.24) is 20.0 Å². The van der Waals surface area contributed by atoms with E-state index in [9.17, 15) is 15.0 Å². The zero-order valence-electron chi connectivity index (χ0n) is 18.5. The van der Waals surface area contributed by atoms with Crippen LogP contribution in [0.2, 0.25) is 0 Å². The van der Waals surface area contributed by atoms with Gasteiger partial charge in [-0.05, 0) is 80.3 Å². The molecule has 7 heteroatoms. The van der Waals surface area contributed by atoms with Crippen molar-refractivity contribution in [3.63, 3.8) is 0 Å². The van der Waals surface area contributed by atoms with Crippen LogP contribution in [0.1, 0.15) is 48.9 Å². The fourth-order valence-electron chi connectivity index (χ4n) is 6.77. The highest BCUT2D eigenvalue weighted by atomic mass is 16.3. The molecule has 32 heavy (non-hydrogen) atoms. The number of H-pyrrole nitrogens is 1. The van der Waals surface area contributed by atoms with Crippen LogP contribution in [-0.4, -0.2) is 73.9 Å². The third-order valence-corrected chi connectivity index (χ3v) is 8.68. The molecule has 6 rings (SSSR count). The second-order valence-corrected chi connectivity index (χ2v) is 10.4. The fraction of sp³-hybridized carbons (Fsp3) is 0.600. The van der Waals surface area contributed by atoms with Crippen LogP contribution in [0.4, 0.5) is 0 Å². The Bertz CT molecular complexity index is 1020. The lowest BCUT2D eigenvalue weighted by atomic mass is 9.52. The van der Waals surface area contributed by atoms with Crippen LogP contribution in [0, 0.1) is 5.92 Å². The lowest BCUT2D eigenvalue weighted by Gasteiger charge is -2.61. The van der Waals surface area contributed by atoms with Crippen molar-refractivity contribution in [2.45, 2.75) is 62.0 Å². The smallest absolute Gasteiger partial charge is 0.228 e. The molecule has 2 aliphatic heterocycles. The minimum atomic E-state index is -0.899. The summed E-state index contributed by atoms with van der Waals surface area (Å²) in [6, 6.07) is 7.61. The Morgan fingerprint density at radius 3 is 2.75 bits per heavy atom. The van der Waals surface area contributed by atoms with Crippen molar-refractivity contribution in [3.8, 4) is 5.75 Å². The predicted molar refractivity (Wildman–Crippen MR) is 119 cm³/mol. The van der Waals surface area contributed by atoms with Crippen LogP contribution in [-0.2, 0) is 23.1 Å². The van der Waals surface area contributed by atoms with E-state index in [0.29, 0.717) is 25.9 Å². The number of amides is 1. The maximum absolute atomic E-state index is 13.1. The van der Waals surface area contributed by atoms with E-state index in [0.717, 1.165) is 49.5 Å². The molecule has 3 N–H and O–H groups in total. The number of hydrogen-bond acceptors (Lipinski definition) is 5. The van der Waals surface area contributed by atoms with Gasteiger partial charge in [0.05, 0.1) is 12.0 Å². The summed E-state index contributed by atoms with van der Waals surface area (Å²) in [4.78, 5) is 17.5. The third-order valence-electron chi connectivity index (χ3n) is 8.68. The Morgan fingerprint density at radius 1 is 1.16 bits per heavy atom. The quantitative estimate of drug-likeness (QED) is 0.682. The molecule has 2 aromatic rings. The number of nitrogens with zero attached hydrogens (tertiary/aromatic N) is 3. The van der Waals surface area contributed by atoms with Gasteiger partial charge in [-0.25, -0.2) is 0 Å². The highest BCUT2D eigenvalue weighted by molar-refractivity contribution is 5.78. The minimum absolute atomic E-state index is 0.0663. The molecule has 2 saturated heterocycles. The number of carbonyl (C=O) groups excluding carboxylic acids is 1. The van der Waals surface area contributed by atoms with Crippen molar-refractivity contribution in [2.24, 2.45) is 5.92 Å². The first-order valence-electron chi connectivity index (χ1n) is 12.0. The molecule has 1 amide bonds. The van der Waals surface area contributed by atoms with Gasteiger partial charge in [-0.15, -0.1) is 0 Å². The molecule has 1 saturated carbocycles. The number of fused-ring (bicyclic) bond motifs is 1. The molecule has 3 fully saturated rings. The van der Waals surface area contributed by atoms with Crippen LogP contribution in [0.3, 0.4) is 0 Å². The number of piperidine rings is 1. The van der Waals surface area contributed by atoms with Gasteiger partial charge < -0.3 is 15.1 Å². The first-order chi connectivity index (χ1) is 15.5. The summed E-state index contributed by atoms with van der Waals surface area (Å²) in [7, 11) is 0. The Hall–Kier alpha value is -2.38. The van der Waals surface area contributed by atoms with E-state index >= 15 is 0 Å². The Morgan fingerprint density at radius 2 is 1.97 bits per heavy atom. The molecule has 0 unspecified atom stereocenters. The molecule has 1 aromatic carbocycles. The Labute approximate surface area is 188 Å². The number of carbonyl (C=O) groups is 1. The number of phenolic OH excluding ortho intramolecular Hbond substituents is 1. The van der Waals surface area contributed by atoms with Gasteiger partial charge in [0.2, 0.25) is 5.91 Å². The average Bonchev–Trinajstić information content (AvgIpc) is 3.48. The monoisotopic (exact) mass is 436 g/mol. The highest BCUT2D eigenvalue weighted by Gasteiger charge is 2.63. The third kappa shape index (κ3) is 3.09. The average molecular weight is 437 g/mol. The van der Waals surface area contributed by atoms with Crippen molar-refractivity contribution in [1.29, 1.82) is 0 Å². The minimum Gasteiger partial charge on any atom is -0.508 e. The molecule has 4 aliphatic rings. The number of aromatic nitrogens is 2. The van der Waals surface area contributed by atoms with E-state index < -0.39 is 11.0 Å². The summed E-state index contributed by atoms with van der Waals surface area (Å²) in [5.41, 5.74) is 1.84. The number of benzene rings is 1. The predicted octanol–water partition coefficient (Wildman–Crippen LogP) is 1.99. The molecule has 3 heterocycles. The molecule has 1 aromatic heterocycles. The first kappa shape index (κ1) is 20.2. The zero-order valence-corrected chi connectivity index (χ0v) is 18.5. The summed E-state index contributed by atoms with van der Waals surface area (Å²) in [5.74, 6) is 1.11. The van der Waals surface area contributed by atoms with E-state index in [1.807, 2.05) is 23.1 Å². The molecule has 3 atom stereocenters. The van der Waals surface area contributed by atoms with Crippen molar-refractivity contribution in [3.05, 3.63) is 47.3 Å². The van der Waals surface area contributed by atoms with Crippen LogP contribution < -0.4 is 0 Å². The molecular formula is C25H32N4O3. The van der Waals surface area contributed by atoms with Crippen molar-refractivity contribution >= 4 is 5.91 Å². The van der Waals surface area contributed by atoms with Crippen molar-refractivity contribution in [2.75, 3.05) is 26.2 Å². The number of aliphatic hydroxyl groups is 1. The van der Waals surface area contributed by atoms with Crippen LogP contribution >= 0.6 is 0 Å². The van der Waals surface area contributed by atoms with Gasteiger partial charge in [-0.2, -0.15) is 5.10 Å². The molecular weight excluding hydrogens is 404 g/mol. The topological polar surface area (TPSA) is 92.7 Å². The molecule has 7 nitrogen and oxygen atoms in total. The molecule has 2 aliphatic carbocycles. The number of phenols is 1. The largest absolute Gasteiger partial charge is 0.508 e. The molecule has 2 bridgehead atoms. The van der Waals surface area contributed by atoms with Gasteiger partial charge in [0, 0.05) is 43.0 Å². The maximum atomic E-state index is 13.1. The zero-order chi connectivity index (χ0) is 21.9. The van der Waals surface area contributed by atoms with Gasteiger partial charge in [-0.3, -0.25) is 14.8 Å². The highest BCUT2D eigenvalue weighted by Crippen LogP contribution is 2.56. The SMILES string of the molecule is O=C(Cc1ccn[nH]1)N1CC[C@]23CCN(CC4CC4)[C@H](Cc4ccc(O)cc42)[C@]3(O)CC1. The normalized spacial score (nSPS) is 32.2. The van der Waals surface area contributed by atoms with E-state index in [2.05, 4.69) is 15.1 Å². The fourth-order valence-corrected chi connectivity index (χ4v) is 6.77. The number of aromatic amines is 1. The molecule has 0 radical (unpaired) electrons. The van der Waals surface area contributed by atoms with E-state index in [1.165, 1.54) is 18.4 Å². The second kappa shape index (κ2) is 7.32. The van der Waals surface area contributed by atoms with Crippen molar-refractivity contribution < 1.29 is 15.0 Å². The summed E-state index contributed by atoms with van der Waals surface area (Å²) < 4.78 is 0. The van der Waals surface area contributed by atoms with Gasteiger partial charge in [-0.1, -0.05) is 6.07 Å². The Balaban J connectivity index is 1.36. The van der Waals surface area contributed by atoms with Crippen LogP contribution in [0.15, 0.2) is 30.5 Å². The summed E-state index contributed by atoms with van der Waals surface area (Å²) in [6.45, 7) is 3.23. The number of hydrogen-bond donors (Lipinski definition) is 3. The van der Waals surface area contributed by atoms with Gasteiger partial charge in [0.1, 0.15) is 5.75 Å². The van der Waals surface area contributed by atoms with Gasteiger partial charge >= 0.3 is 0 Å². The summed E-state index contributed by atoms with van der Waals surface area (Å²) in [5, 5.41) is 29.6. The standard InChI is InChI=1S/C25H32N4O3/c30-20-4-3-18-13-22-25(32)8-12-28(23(31)14-19-5-9-26-27-19)10-6-24(25,21(18)15-20)7-11-29(22)16-17-1-2-17/h3-5,9,15,17,22,30,32H,1-2,6-8,10-14,16H2,(H,26,27)/t22-,24+,25-/m1/s1. The summed E-state index contributed by atoms with van der Waals surface area (Å²) >= 11 is 0. The maximum Gasteiger partial charge on any atom is 0.228 e. The van der Waals surface area contributed by atoms with E-state index in [4.69, 9.17) is 0 Å². The number of rotatable bonds is 4. The van der Waals surface area contributed by atoms with Crippen LogP contribution in [0.5, 0.6) is 5.75 Å². The van der Waals surface area contributed by atoms with E-state index in [1.54, 1.807) is 12.3 Å². The lowest BCUT2D eigenvalue weighted by Crippen LogP contribution is -2.71. The molecule has 0 spiro atoms. The van der Waals surface area contributed by atoms with Gasteiger partial charge in [0.15, 0.2) is 0 Å². The molecule has 170 valence electrons. The van der Waals surface area contributed by atoms with E-state index in [-0.39, 0.29) is 17.7 Å². The first-order valence-corrected chi connectivity index (χ1v) is 12.0. The number of likely N-dealkylation sites (tertiary alicyclic amines) is 2. The van der Waals surface area contributed by atoms with Crippen LogP contribution in [0.25, 0.3) is 0 Å². The lowest BCUT2D eigenvalue weighted by molar-refractivity contribution is -0.149. The van der Waals surface area contributed by atoms with Gasteiger partial charge in [0.25, 0.3) is 0 Å².